The molecule has 0 N–H and O–H groups in total. The summed E-state index contributed by atoms with van der Waals surface area (Å²) in [6, 6.07) is 2.94. The van der Waals surface area contributed by atoms with E-state index in [0.29, 0.717) is 0 Å². The number of hydrogen-bond donors (Lipinski definition) is 0. The van der Waals surface area contributed by atoms with Crippen LogP contribution in [0.1, 0.15) is 22.1 Å². The normalized spacial score (nSPS) is 23.7. The van der Waals surface area contributed by atoms with E-state index in [1.165, 1.54) is 0 Å². The SMILES string of the molecule is O=C1c2cccc(F)c2[C@@H](F)C1(F)F. The van der Waals surface area contributed by atoms with E-state index in [1.807, 2.05) is 0 Å². The first kappa shape index (κ1) is 9.18. The Balaban J connectivity index is 2.71. The van der Waals surface area contributed by atoms with Crippen molar-refractivity contribution < 1.29 is 22.4 Å². The lowest BCUT2D eigenvalue weighted by Crippen LogP contribution is -2.26. The maximum absolute atomic E-state index is 13.0. The first-order chi connectivity index (χ1) is 6.46. The number of Topliss-reactive ketones (excluding diaryl/α,β-unsaturated/α-hetero) is 1. The second kappa shape index (κ2) is 2.56. The lowest BCUT2D eigenvalue weighted by molar-refractivity contribution is -0.0372. The molecular weight excluding hydrogens is 200 g/mol. The van der Waals surface area contributed by atoms with Crippen molar-refractivity contribution in [1.82, 2.24) is 0 Å². The van der Waals surface area contributed by atoms with E-state index < -0.39 is 34.8 Å². The lowest BCUT2D eigenvalue weighted by atomic mass is 10.1. The number of ketones is 1. The molecule has 0 aromatic heterocycles. The molecule has 0 aliphatic heterocycles. The highest BCUT2D eigenvalue weighted by atomic mass is 19.3. The van der Waals surface area contributed by atoms with E-state index >= 15 is 0 Å². The van der Waals surface area contributed by atoms with E-state index in [-0.39, 0.29) is 0 Å². The van der Waals surface area contributed by atoms with Crippen molar-refractivity contribution >= 4 is 5.78 Å². The molecule has 0 fully saturated rings. The largest absolute Gasteiger partial charge is 0.344 e. The Bertz CT molecular complexity index is 413. The zero-order chi connectivity index (χ0) is 10.5. The van der Waals surface area contributed by atoms with Gasteiger partial charge in [-0.1, -0.05) is 12.1 Å². The Kier molecular flexibility index (Phi) is 1.68. The minimum atomic E-state index is -4.13. The molecule has 5 heteroatoms. The third kappa shape index (κ3) is 0.921. The molecule has 0 saturated carbocycles. The van der Waals surface area contributed by atoms with Crippen LogP contribution >= 0.6 is 0 Å². The van der Waals surface area contributed by atoms with Gasteiger partial charge in [0.25, 0.3) is 0 Å². The molecule has 0 amide bonds. The second-order valence-corrected chi connectivity index (χ2v) is 3.02. The highest BCUT2D eigenvalue weighted by Gasteiger charge is 2.57. The first-order valence-corrected chi connectivity index (χ1v) is 3.81. The summed E-state index contributed by atoms with van der Waals surface area (Å²) in [4.78, 5) is 10.9. The number of carbonyl (C=O) groups excluding carboxylic acids is 1. The minimum absolute atomic E-state index is 0.567. The van der Waals surface area contributed by atoms with E-state index in [9.17, 15) is 22.4 Å². The highest BCUT2D eigenvalue weighted by Crippen LogP contribution is 2.46. The van der Waals surface area contributed by atoms with Crippen molar-refractivity contribution in [2.45, 2.75) is 12.1 Å². The molecule has 0 heterocycles. The zero-order valence-electron chi connectivity index (χ0n) is 6.73. The fourth-order valence-electron chi connectivity index (χ4n) is 1.47. The van der Waals surface area contributed by atoms with Gasteiger partial charge in [0.15, 0.2) is 6.17 Å². The summed E-state index contributed by atoms with van der Waals surface area (Å²) < 4.78 is 51.6. The van der Waals surface area contributed by atoms with Crippen LogP contribution in [0.5, 0.6) is 0 Å². The summed E-state index contributed by atoms with van der Waals surface area (Å²) in [5, 5.41) is 0. The van der Waals surface area contributed by atoms with Gasteiger partial charge in [0.1, 0.15) is 5.82 Å². The number of rotatable bonds is 0. The van der Waals surface area contributed by atoms with Gasteiger partial charge in [0.05, 0.1) is 0 Å². The Labute approximate surface area is 76.3 Å². The van der Waals surface area contributed by atoms with Crippen LogP contribution in [0.2, 0.25) is 0 Å². The molecule has 0 unspecified atom stereocenters. The fraction of sp³-hybridized carbons (Fsp3) is 0.222. The monoisotopic (exact) mass is 204 g/mol. The molecule has 1 aliphatic carbocycles. The topological polar surface area (TPSA) is 17.1 Å². The van der Waals surface area contributed by atoms with Crippen LogP contribution in [-0.4, -0.2) is 11.7 Å². The fourth-order valence-corrected chi connectivity index (χ4v) is 1.47. The van der Waals surface area contributed by atoms with Crippen molar-refractivity contribution in [3.05, 3.63) is 35.1 Å². The van der Waals surface area contributed by atoms with Crippen molar-refractivity contribution in [2.24, 2.45) is 0 Å². The predicted molar refractivity (Wildman–Crippen MR) is 39.5 cm³/mol. The van der Waals surface area contributed by atoms with Crippen molar-refractivity contribution in [3.63, 3.8) is 0 Å². The summed E-state index contributed by atoms with van der Waals surface area (Å²) in [5.74, 6) is -6.90. The molecule has 1 atom stereocenters. The average Bonchev–Trinajstić information content (AvgIpc) is 2.30. The van der Waals surface area contributed by atoms with Crippen molar-refractivity contribution in [1.29, 1.82) is 0 Å². The molecule has 0 radical (unpaired) electrons. The summed E-state index contributed by atoms with van der Waals surface area (Å²) >= 11 is 0. The van der Waals surface area contributed by atoms with Crippen molar-refractivity contribution in [2.75, 3.05) is 0 Å². The number of carbonyl (C=O) groups is 1. The van der Waals surface area contributed by atoms with Gasteiger partial charge in [0.2, 0.25) is 5.78 Å². The first-order valence-electron chi connectivity index (χ1n) is 3.81. The van der Waals surface area contributed by atoms with E-state index in [4.69, 9.17) is 0 Å². The molecule has 0 spiro atoms. The van der Waals surface area contributed by atoms with Crippen molar-refractivity contribution in [3.8, 4) is 0 Å². The van der Waals surface area contributed by atoms with Gasteiger partial charge in [0, 0.05) is 11.1 Å². The van der Waals surface area contributed by atoms with Crippen LogP contribution in [-0.2, 0) is 0 Å². The molecule has 1 nitrogen and oxygen atoms in total. The van der Waals surface area contributed by atoms with Crippen LogP contribution in [0.4, 0.5) is 17.6 Å². The maximum atomic E-state index is 13.0. The standard InChI is InChI=1S/C9H4F4O/c10-5-3-1-2-4-6(5)7(11)9(12,13)8(4)14/h1-3,7H/t7-/m1/s1. The average molecular weight is 204 g/mol. The molecule has 74 valence electrons. The second-order valence-electron chi connectivity index (χ2n) is 3.02. The molecule has 2 rings (SSSR count). The van der Waals surface area contributed by atoms with Crippen LogP contribution in [0.25, 0.3) is 0 Å². The number of alkyl halides is 3. The number of fused-ring (bicyclic) bond motifs is 1. The van der Waals surface area contributed by atoms with E-state index in [1.54, 1.807) is 0 Å². The van der Waals surface area contributed by atoms with Gasteiger partial charge in [-0.25, -0.2) is 8.78 Å². The molecule has 0 saturated heterocycles. The van der Waals surface area contributed by atoms with Crippen LogP contribution < -0.4 is 0 Å². The molecule has 0 bridgehead atoms. The van der Waals surface area contributed by atoms with Gasteiger partial charge in [-0.15, -0.1) is 0 Å². The highest BCUT2D eigenvalue weighted by molar-refractivity contribution is 6.06. The van der Waals surface area contributed by atoms with Crippen LogP contribution in [0, 0.1) is 5.82 Å². The number of halogens is 4. The van der Waals surface area contributed by atoms with Gasteiger partial charge >= 0.3 is 5.92 Å². The summed E-state index contributed by atoms with van der Waals surface area (Å²) in [6.07, 6.45) is -2.87. The number of hydrogen-bond acceptors (Lipinski definition) is 1. The van der Waals surface area contributed by atoms with Gasteiger partial charge in [-0.05, 0) is 6.07 Å². The Morgan fingerprint density at radius 2 is 1.93 bits per heavy atom. The zero-order valence-corrected chi connectivity index (χ0v) is 6.73. The summed E-state index contributed by atoms with van der Waals surface area (Å²) in [6.45, 7) is 0. The third-order valence-electron chi connectivity index (χ3n) is 2.17. The quantitative estimate of drug-likeness (QED) is 0.594. The molecule has 1 aliphatic rings. The van der Waals surface area contributed by atoms with E-state index in [2.05, 4.69) is 0 Å². The molecule has 1 aromatic carbocycles. The third-order valence-corrected chi connectivity index (χ3v) is 2.17. The molecular formula is C9H4F4O. The Morgan fingerprint density at radius 3 is 2.50 bits per heavy atom. The number of benzene rings is 1. The summed E-state index contributed by atoms with van der Waals surface area (Å²) in [5.41, 5.74) is -1.40. The van der Waals surface area contributed by atoms with Crippen LogP contribution in [0.15, 0.2) is 18.2 Å². The van der Waals surface area contributed by atoms with Crippen LogP contribution in [0.3, 0.4) is 0 Å². The Morgan fingerprint density at radius 1 is 1.29 bits per heavy atom. The summed E-state index contributed by atoms with van der Waals surface area (Å²) in [7, 11) is 0. The Hall–Kier alpha value is -1.39. The minimum Gasteiger partial charge on any atom is -0.287 e. The smallest absolute Gasteiger partial charge is 0.287 e. The van der Waals surface area contributed by atoms with Gasteiger partial charge in [-0.3, -0.25) is 4.79 Å². The van der Waals surface area contributed by atoms with Gasteiger partial charge in [-0.2, -0.15) is 8.78 Å². The van der Waals surface area contributed by atoms with E-state index in [0.717, 1.165) is 18.2 Å². The predicted octanol–water partition coefficient (Wildman–Crippen LogP) is 2.67. The lowest BCUT2D eigenvalue weighted by Gasteiger charge is -2.09. The molecule has 1 aromatic rings. The molecule has 14 heavy (non-hydrogen) atoms. The van der Waals surface area contributed by atoms with Gasteiger partial charge < -0.3 is 0 Å². The maximum Gasteiger partial charge on any atom is 0.344 e.